The van der Waals surface area contributed by atoms with Crippen molar-refractivity contribution in [2.45, 2.75) is 19.6 Å². The Balaban J connectivity index is 1.49. The van der Waals surface area contributed by atoms with Gasteiger partial charge in [-0.05, 0) is 44.3 Å². The summed E-state index contributed by atoms with van der Waals surface area (Å²) in [5.41, 5.74) is 0.291. The Hall–Kier alpha value is -3.10. The van der Waals surface area contributed by atoms with Crippen molar-refractivity contribution in [3.05, 3.63) is 80.2 Å². The third kappa shape index (κ3) is 4.81. The van der Waals surface area contributed by atoms with Gasteiger partial charge in [-0.3, -0.25) is 19.1 Å². The van der Waals surface area contributed by atoms with Crippen molar-refractivity contribution in [1.82, 2.24) is 19.4 Å². The summed E-state index contributed by atoms with van der Waals surface area (Å²) in [7, 11) is 2.10. The molecule has 1 N–H and O–H groups in total. The molecule has 1 saturated heterocycles. The van der Waals surface area contributed by atoms with E-state index in [4.69, 9.17) is 16.3 Å². The maximum absolute atomic E-state index is 12.7. The SMILES string of the molecule is C[C@H]1CN(c2ccc(-n3ccc(OCc4ccc(Cl)cn4)cc3=O)c(=O)[nH]2)CCN1C. The molecule has 0 aromatic carbocycles. The number of halogens is 1. The maximum Gasteiger partial charge on any atom is 0.273 e. The van der Waals surface area contributed by atoms with Crippen LogP contribution in [0.15, 0.2) is 58.4 Å². The van der Waals surface area contributed by atoms with Crippen molar-refractivity contribution < 1.29 is 4.74 Å². The van der Waals surface area contributed by atoms with E-state index in [0.717, 1.165) is 25.5 Å². The quantitative estimate of drug-likeness (QED) is 0.654. The molecule has 8 nitrogen and oxygen atoms in total. The van der Waals surface area contributed by atoms with E-state index in [1.165, 1.54) is 23.0 Å². The van der Waals surface area contributed by atoms with Crippen molar-refractivity contribution in [2.75, 3.05) is 31.6 Å². The first-order chi connectivity index (χ1) is 14.9. The second-order valence-electron chi connectivity index (χ2n) is 7.66. The fraction of sp³-hybridized carbons (Fsp3) is 0.318. The van der Waals surface area contributed by atoms with Gasteiger partial charge in [0.2, 0.25) is 0 Å². The minimum Gasteiger partial charge on any atom is -0.487 e. The van der Waals surface area contributed by atoms with Gasteiger partial charge in [0, 0.05) is 44.1 Å². The van der Waals surface area contributed by atoms with Crippen molar-refractivity contribution in [3.8, 4) is 11.4 Å². The first-order valence-electron chi connectivity index (χ1n) is 10.1. The molecule has 1 atom stereocenters. The molecule has 0 amide bonds. The van der Waals surface area contributed by atoms with Gasteiger partial charge in [-0.1, -0.05) is 11.6 Å². The third-order valence-corrected chi connectivity index (χ3v) is 5.72. The molecule has 4 rings (SSSR count). The van der Waals surface area contributed by atoms with Crippen LogP contribution >= 0.6 is 11.6 Å². The van der Waals surface area contributed by atoms with Crippen LogP contribution in [0.2, 0.25) is 5.02 Å². The first kappa shape index (κ1) is 21.1. The molecular formula is C22H24ClN5O3. The van der Waals surface area contributed by atoms with E-state index in [-0.39, 0.29) is 23.4 Å². The standard InChI is InChI=1S/C22H24ClN5O3/c1-15-13-27(10-9-26(15)2)20-6-5-19(22(30)25-20)28-8-7-18(11-21(28)29)31-14-17-4-3-16(23)12-24-17/h3-8,11-12,15H,9-10,13-14H2,1-2H3,(H,25,30)/t15-/m0/s1. The fourth-order valence-electron chi connectivity index (χ4n) is 3.50. The predicted octanol–water partition coefficient (Wildman–Crippen LogP) is 2.29. The van der Waals surface area contributed by atoms with E-state index in [0.29, 0.717) is 22.5 Å². The second kappa shape index (κ2) is 8.95. The number of ether oxygens (including phenoxy) is 1. The molecule has 0 bridgehead atoms. The molecule has 0 radical (unpaired) electrons. The summed E-state index contributed by atoms with van der Waals surface area (Å²) >= 11 is 5.82. The summed E-state index contributed by atoms with van der Waals surface area (Å²) in [6, 6.07) is 10.4. The Bertz CT molecular complexity index is 1170. The number of piperazine rings is 1. The Morgan fingerprint density at radius 2 is 2.03 bits per heavy atom. The summed E-state index contributed by atoms with van der Waals surface area (Å²) in [6.45, 7) is 4.96. The number of rotatable bonds is 5. The number of aromatic amines is 1. The normalized spacial score (nSPS) is 17.0. The van der Waals surface area contributed by atoms with Crippen LogP contribution in [0.3, 0.4) is 0 Å². The Labute approximate surface area is 184 Å². The van der Waals surface area contributed by atoms with Crippen LogP contribution in [0, 0.1) is 0 Å². The monoisotopic (exact) mass is 441 g/mol. The lowest BCUT2D eigenvalue weighted by molar-refractivity contribution is 0.233. The number of nitrogens with one attached hydrogen (secondary N) is 1. The fourth-order valence-corrected chi connectivity index (χ4v) is 3.61. The van der Waals surface area contributed by atoms with Gasteiger partial charge >= 0.3 is 0 Å². The van der Waals surface area contributed by atoms with Crippen molar-refractivity contribution in [1.29, 1.82) is 0 Å². The molecule has 162 valence electrons. The predicted molar refractivity (Wildman–Crippen MR) is 121 cm³/mol. The molecular weight excluding hydrogens is 418 g/mol. The molecule has 0 unspecified atom stereocenters. The Morgan fingerprint density at radius 1 is 1.19 bits per heavy atom. The summed E-state index contributed by atoms with van der Waals surface area (Å²) < 4.78 is 6.94. The summed E-state index contributed by atoms with van der Waals surface area (Å²) in [4.78, 5) is 36.8. The van der Waals surface area contributed by atoms with Gasteiger partial charge in [0.15, 0.2) is 0 Å². The largest absolute Gasteiger partial charge is 0.487 e. The van der Waals surface area contributed by atoms with E-state index >= 15 is 0 Å². The molecule has 1 aliphatic heterocycles. The van der Waals surface area contributed by atoms with E-state index in [9.17, 15) is 9.59 Å². The molecule has 0 spiro atoms. The second-order valence-corrected chi connectivity index (χ2v) is 8.10. The highest BCUT2D eigenvalue weighted by Crippen LogP contribution is 2.16. The van der Waals surface area contributed by atoms with Gasteiger partial charge in [-0.15, -0.1) is 0 Å². The van der Waals surface area contributed by atoms with Gasteiger partial charge in [-0.2, -0.15) is 0 Å². The van der Waals surface area contributed by atoms with E-state index in [1.807, 2.05) is 6.07 Å². The smallest absolute Gasteiger partial charge is 0.273 e. The number of H-pyrrole nitrogens is 1. The molecule has 1 aliphatic rings. The van der Waals surface area contributed by atoms with Crippen LogP contribution in [0.25, 0.3) is 5.69 Å². The number of hydrogen-bond acceptors (Lipinski definition) is 6. The number of pyridine rings is 3. The average molecular weight is 442 g/mol. The topological polar surface area (TPSA) is 83.5 Å². The van der Waals surface area contributed by atoms with Crippen molar-refractivity contribution >= 4 is 17.4 Å². The minimum absolute atomic E-state index is 0.208. The lowest BCUT2D eigenvalue weighted by atomic mass is 10.2. The number of nitrogens with zero attached hydrogens (tertiary/aromatic N) is 4. The number of likely N-dealkylation sites (N-methyl/N-ethyl adjacent to an activating group) is 1. The van der Waals surface area contributed by atoms with E-state index in [1.54, 1.807) is 24.3 Å². The molecule has 0 aliphatic carbocycles. The highest BCUT2D eigenvalue weighted by atomic mass is 35.5. The summed E-state index contributed by atoms with van der Waals surface area (Å²) in [5, 5.41) is 0.546. The average Bonchev–Trinajstić information content (AvgIpc) is 2.76. The van der Waals surface area contributed by atoms with Gasteiger partial charge in [0.1, 0.15) is 23.9 Å². The van der Waals surface area contributed by atoms with Gasteiger partial charge in [-0.25, -0.2) is 0 Å². The summed E-state index contributed by atoms with van der Waals surface area (Å²) in [6.07, 6.45) is 3.08. The van der Waals surface area contributed by atoms with E-state index in [2.05, 4.69) is 33.7 Å². The number of hydrogen-bond donors (Lipinski definition) is 1. The van der Waals surface area contributed by atoms with Crippen LogP contribution in [-0.2, 0) is 6.61 Å². The van der Waals surface area contributed by atoms with Crippen LogP contribution in [0.1, 0.15) is 12.6 Å². The molecule has 9 heteroatoms. The lowest BCUT2D eigenvalue weighted by Crippen LogP contribution is -2.50. The van der Waals surface area contributed by atoms with Gasteiger partial charge in [0.05, 0.1) is 10.7 Å². The zero-order valence-electron chi connectivity index (χ0n) is 17.4. The molecule has 31 heavy (non-hydrogen) atoms. The van der Waals surface area contributed by atoms with Crippen LogP contribution < -0.4 is 20.8 Å². The Morgan fingerprint density at radius 3 is 2.71 bits per heavy atom. The molecule has 1 fully saturated rings. The Kier molecular flexibility index (Phi) is 6.11. The third-order valence-electron chi connectivity index (χ3n) is 5.50. The van der Waals surface area contributed by atoms with Crippen LogP contribution in [-0.4, -0.2) is 52.2 Å². The maximum atomic E-state index is 12.7. The number of anilines is 1. The minimum atomic E-state index is -0.354. The van der Waals surface area contributed by atoms with Crippen molar-refractivity contribution in [2.24, 2.45) is 0 Å². The number of aromatic nitrogens is 3. The van der Waals surface area contributed by atoms with Gasteiger partial charge in [0.25, 0.3) is 11.1 Å². The molecule has 0 saturated carbocycles. The molecule has 3 aromatic rings. The lowest BCUT2D eigenvalue weighted by Gasteiger charge is -2.38. The zero-order valence-corrected chi connectivity index (χ0v) is 18.2. The van der Waals surface area contributed by atoms with E-state index < -0.39 is 0 Å². The van der Waals surface area contributed by atoms with Crippen molar-refractivity contribution in [3.63, 3.8) is 0 Å². The van der Waals surface area contributed by atoms with Gasteiger partial charge < -0.3 is 19.5 Å². The summed E-state index contributed by atoms with van der Waals surface area (Å²) in [5.74, 6) is 1.16. The van der Waals surface area contributed by atoms with Crippen LogP contribution in [0.4, 0.5) is 5.82 Å². The highest BCUT2D eigenvalue weighted by molar-refractivity contribution is 6.30. The zero-order chi connectivity index (χ0) is 22.0. The van der Waals surface area contributed by atoms with Crippen LogP contribution in [0.5, 0.6) is 5.75 Å². The molecule has 4 heterocycles. The molecule has 3 aromatic heterocycles. The first-order valence-corrected chi connectivity index (χ1v) is 10.4. The highest BCUT2D eigenvalue weighted by Gasteiger charge is 2.21.